The van der Waals surface area contributed by atoms with Crippen molar-refractivity contribution in [1.82, 2.24) is 0 Å². The first kappa shape index (κ1) is 14.1. The van der Waals surface area contributed by atoms with E-state index in [2.05, 4.69) is 30.9 Å². The van der Waals surface area contributed by atoms with E-state index in [9.17, 15) is 0 Å². The molecule has 0 amide bonds. The Balaban J connectivity index is 2.36. The molecule has 0 saturated carbocycles. The van der Waals surface area contributed by atoms with Crippen molar-refractivity contribution >= 4 is 14.5 Å². The molecule has 1 heterocycles. The van der Waals surface area contributed by atoms with E-state index >= 15 is 0 Å². The molecule has 0 radical (unpaired) electrons. The van der Waals surface area contributed by atoms with Crippen LogP contribution in [0.15, 0.2) is 17.1 Å². The molecule has 1 heteroatoms. The van der Waals surface area contributed by atoms with Gasteiger partial charge in [-0.05, 0) is 0 Å². The summed E-state index contributed by atoms with van der Waals surface area (Å²) in [6.45, 7) is 4.60. The van der Waals surface area contributed by atoms with Gasteiger partial charge in [0.1, 0.15) is 0 Å². The van der Waals surface area contributed by atoms with Crippen molar-refractivity contribution in [2.45, 2.75) is 71.1 Å². The van der Waals surface area contributed by atoms with Gasteiger partial charge in [-0.2, -0.15) is 0 Å². The van der Waals surface area contributed by atoms with Crippen molar-refractivity contribution in [2.24, 2.45) is 0 Å². The van der Waals surface area contributed by atoms with Crippen LogP contribution in [0.25, 0.3) is 0 Å². The van der Waals surface area contributed by atoms with Gasteiger partial charge in [0.05, 0.1) is 0 Å². The number of hydrogen-bond acceptors (Lipinski definition) is 0. The summed E-state index contributed by atoms with van der Waals surface area (Å²) in [6, 6.07) is 4.66. The van der Waals surface area contributed by atoms with Gasteiger partial charge in [0, 0.05) is 0 Å². The van der Waals surface area contributed by atoms with E-state index in [-0.39, 0.29) is 0 Å². The van der Waals surface area contributed by atoms with Crippen LogP contribution >= 0.6 is 0 Å². The minimum atomic E-state index is 0.684. The van der Waals surface area contributed by atoms with Gasteiger partial charge in [0.15, 0.2) is 0 Å². The molecule has 1 aromatic rings. The third kappa shape index (κ3) is 5.36. The van der Waals surface area contributed by atoms with Crippen molar-refractivity contribution in [2.75, 3.05) is 0 Å². The normalized spacial score (nSPS) is 11.2. The van der Waals surface area contributed by atoms with Crippen LogP contribution < -0.4 is 0 Å². The molecule has 0 N–H and O–H groups in total. The Morgan fingerprint density at radius 3 is 2.06 bits per heavy atom. The fourth-order valence-electron chi connectivity index (χ4n) is 2.23. The molecule has 0 aliphatic heterocycles. The zero-order valence-electron chi connectivity index (χ0n) is 10.9. The second kappa shape index (κ2) is 9.07. The summed E-state index contributed by atoms with van der Waals surface area (Å²) < 4.78 is 1.76. The van der Waals surface area contributed by atoms with Gasteiger partial charge in [-0.3, -0.25) is 0 Å². The van der Waals surface area contributed by atoms with Gasteiger partial charge in [0.25, 0.3) is 0 Å². The number of rotatable bonds is 9. The third-order valence-corrected chi connectivity index (χ3v) is 5.43. The summed E-state index contributed by atoms with van der Waals surface area (Å²) in [5.74, 6) is 0.910. The zero-order chi connectivity index (χ0) is 11.6. The molecule has 0 atom stereocenters. The van der Waals surface area contributed by atoms with E-state index in [4.69, 9.17) is 0 Å². The van der Waals surface area contributed by atoms with Gasteiger partial charge in [0.2, 0.25) is 0 Å². The molecule has 0 spiro atoms. The van der Waals surface area contributed by atoms with Crippen LogP contribution in [0.3, 0.4) is 0 Å². The van der Waals surface area contributed by atoms with Gasteiger partial charge >= 0.3 is 107 Å². The molecule has 0 saturated heterocycles. The SMILES string of the molecule is CCCCCC(CCCCC)c1ccc[se]1. The van der Waals surface area contributed by atoms with Gasteiger partial charge in [-0.1, -0.05) is 0 Å². The second-order valence-corrected chi connectivity index (χ2v) is 6.76. The molecule has 0 fully saturated rings. The monoisotopic (exact) mass is 286 g/mol. The van der Waals surface area contributed by atoms with Crippen LogP contribution in [0.5, 0.6) is 0 Å². The molecule has 92 valence electrons. The maximum atomic E-state index is 2.39. The molecule has 1 rings (SSSR count). The molecule has 0 bridgehead atoms. The predicted octanol–water partition coefficient (Wildman–Crippen LogP) is 4.99. The molecule has 16 heavy (non-hydrogen) atoms. The predicted molar refractivity (Wildman–Crippen MR) is 74.4 cm³/mol. The Hall–Kier alpha value is -0.000519. The van der Waals surface area contributed by atoms with E-state index in [0.29, 0.717) is 14.5 Å². The number of hydrogen-bond donors (Lipinski definition) is 0. The summed E-state index contributed by atoms with van der Waals surface area (Å²) in [7, 11) is 0. The van der Waals surface area contributed by atoms with Crippen LogP contribution in [-0.4, -0.2) is 14.5 Å². The van der Waals surface area contributed by atoms with Crippen molar-refractivity contribution in [1.29, 1.82) is 0 Å². The summed E-state index contributed by atoms with van der Waals surface area (Å²) >= 11 is 0.684. The van der Waals surface area contributed by atoms with E-state index in [0.717, 1.165) is 5.92 Å². The Kier molecular flexibility index (Phi) is 7.97. The van der Waals surface area contributed by atoms with Crippen LogP contribution in [0, 0.1) is 0 Å². The Bertz CT molecular complexity index is 228. The van der Waals surface area contributed by atoms with Crippen molar-refractivity contribution in [3.8, 4) is 0 Å². The second-order valence-electron chi connectivity index (χ2n) is 4.70. The molecule has 1 aromatic heterocycles. The van der Waals surface area contributed by atoms with Crippen LogP contribution in [0.1, 0.15) is 75.6 Å². The summed E-state index contributed by atoms with van der Waals surface area (Å²) in [6.07, 6.45) is 11.3. The average molecular weight is 285 g/mol. The quantitative estimate of drug-likeness (QED) is 0.443. The van der Waals surface area contributed by atoms with E-state index in [1.807, 2.05) is 0 Å². The molecule has 0 aliphatic rings. The third-order valence-electron chi connectivity index (χ3n) is 3.26. The zero-order valence-corrected chi connectivity index (χ0v) is 12.6. The van der Waals surface area contributed by atoms with Crippen molar-refractivity contribution < 1.29 is 0 Å². The summed E-state index contributed by atoms with van der Waals surface area (Å²) in [4.78, 5) is 2.37. The van der Waals surface area contributed by atoms with E-state index in [1.165, 1.54) is 51.4 Å². The van der Waals surface area contributed by atoms with Crippen molar-refractivity contribution in [3.63, 3.8) is 0 Å². The summed E-state index contributed by atoms with van der Waals surface area (Å²) in [5, 5.41) is 0. The average Bonchev–Trinajstić information content (AvgIpc) is 2.81. The van der Waals surface area contributed by atoms with E-state index in [1.54, 1.807) is 4.44 Å². The van der Waals surface area contributed by atoms with Crippen molar-refractivity contribution in [3.05, 3.63) is 21.5 Å². The first-order valence-electron chi connectivity index (χ1n) is 6.91. The van der Waals surface area contributed by atoms with Crippen LogP contribution in [0.2, 0.25) is 0 Å². The molecule has 0 aliphatic carbocycles. The van der Waals surface area contributed by atoms with Crippen LogP contribution in [-0.2, 0) is 0 Å². The molecule has 0 unspecified atom stereocenters. The minimum absolute atomic E-state index is 0.684. The van der Waals surface area contributed by atoms with E-state index < -0.39 is 0 Å². The topological polar surface area (TPSA) is 0 Å². The van der Waals surface area contributed by atoms with Gasteiger partial charge in [-0.25, -0.2) is 0 Å². The maximum absolute atomic E-state index is 2.39. The molecular formula is C15H26Se. The first-order valence-corrected chi connectivity index (χ1v) is 8.76. The van der Waals surface area contributed by atoms with Gasteiger partial charge in [-0.15, -0.1) is 0 Å². The Morgan fingerprint density at radius 1 is 1.00 bits per heavy atom. The molecule has 0 nitrogen and oxygen atoms in total. The Morgan fingerprint density at radius 2 is 1.62 bits per heavy atom. The number of unbranched alkanes of at least 4 members (excludes halogenated alkanes) is 4. The molecular weight excluding hydrogens is 259 g/mol. The first-order chi connectivity index (χ1) is 7.88. The molecule has 0 aromatic carbocycles. The standard InChI is InChI=1S/C15H26Se/c1-3-5-7-10-14(11-8-6-4-2)15-12-9-13-16-15/h9,12-14H,3-8,10-11H2,1-2H3. The Labute approximate surface area is 107 Å². The summed E-state index contributed by atoms with van der Waals surface area (Å²) in [5.41, 5.74) is 0. The fourth-order valence-corrected chi connectivity index (χ4v) is 4.12. The van der Waals surface area contributed by atoms with Gasteiger partial charge < -0.3 is 0 Å². The van der Waals surface area contributed by atoms with Crippen LogP contribution in [0.4, 0.5) is 0 Å². The fraction of sp³-hybridized carbons (Fsp3) is 0.733.